The van der Waals surface area contributed by atoms with Gasteiger partial charge in [0.1, 0.15) is 5.78 Å². The second-order valence-electron chi connectivity index (χ2n) is 9.91. The molecular weight excluding hydrogens is 432 g/mol. The van der Waals surface area contributed by atoms with Crippen molar-refractivity contribution in [1.82, 2.24) is 10.3 Å². The quantitative estimate of drug-likeness (QED) is 0.515. The predicted octanol–water partition coefficient (Wildman–Crippen LogP) is 6.05. The Morgan fingerprint density at radius 3 is 2.33 bits per heavy atom. The number of hydrogen-bond acceptors (Lipinski definition) is 5. The lowest BCUT2D eigenvalue weighted by Crippen LogP contribution is -2.37. The Balaban J connectivity index is 0.000000502. The van der Waals surface area contributed by atoms with Crippen LogP contribution in [0.15, 0.2) is 11.5 Å². The first-order chi connectivity index (χ1) is 15.6. The van der Waals surface area contributed by atoms with Crippen LogP contribution in [0.2, 0.25) is 0 Å². The maximum absolute atomic E-state index is 12.7. The number of aromatic nitrogens is 1. The van der Waals surface area contributed by atoms with Crippen molar-refractivity contribution in [3.8, 4) is 0 Å². The topological polar surface area (TPSA) is 79.3 Å². The number of hydrogen-bond donors (Lipinski definition) is 2. The molecule has 0 saturated carbocycles. The van der Waals surface area contributed by atoms with Crippen LogP contribution in [0, 0.1) is 36.5 Å². The summed E-state index contributed by atoms with van der Waals surface area (Å²) in [4.78, 5) is 28.8. The molecule has 0 bridgehead atoms. The van der Waals surface area contributed by atoms with Gasteiger partial charge >= 0.3 is 0 Å². The number of aliphatic hydroxyl groups is 1. The Morgan fingerprint density at radius 2 is 1.73 bits per heavy atom. The molecule has 188 valence electrons. The van der Waals surface area contributed by atoms with Gasteiger partial charge in [-0.3, -0.25) is 9.59 Å². The molecule has 33 heavy (non-hydrogen) atoms. The molecule has 5 unspecified atom stereocenters. The Morgan fingerprint density at radius 1 is 1.06 bits per heavy atom. The number of aliphatic hydroxyl groups excluding tert-OH is 1. The number of carbonyl (C=O) groups is 2. The lowest BCUT2D eigenvalue weighted by atomic mass is 9.76. The first-order valence-electron chi connectivity index (χ1n) is 12.6. The molecule has 0 aromatic carbocycles. The molecule has 0 radical (unpaired) electrons. The van der Waals surface area contributed by atoms with E-state index >= 15 is 0 Å². The molecule has 2 rings (SSSR count). The average molecular weight is 479 g/mol. The van der Waals surface area contributed by atoms with E-state index in [1.54, 1.807) is 18.3 Å². The minimum atomic E-state index is -0.894. The van der Waals surface area contributed by atoms with Crippen molar-refractivity contribution in [2.24, 2.45) is 29.6 Å². The summed E-state index contributed by atoms with van der Waals surface area (Å²) in [6, 6.07) is 0. The molecular formula is C27H46N2O3S. The van der Waals surface area contributed by atoms with E-state index in [0.29, 0.717) is 24.3 Å². The molecule has 0 spiro atoms. The summed E-state index contributed by atoms with van der Waals surface area (Å²) in [6.07, 6.45) is 8.77. The Bertz CT molecular complexity index is 745. The van der Waals surface area contributed by atoms with Crippen molar-refractivity contribution in [2.75, 3.05) is 6.54 Å². The standard InChI is InChI=1S/C20H37NO3.C7H9NS/c1-13-8-6-10-14(2)15(3)16(4)20(24)17(5)18(22)12-19(23)21-11-7-9-13;1-3-4-7-5-9-6(2)8-7/h13-18,22H,6-12H2,1-5H3,(H,21,23);3-5H,1-2H3/b;4-3-/t13?,14?,15-,16?,17?,18?;/m0./s1. The Hall–Kier alpha value is -1.53. The number of rotatable bonds is 1. The minimum Gasteiger partial charge on any atom is -0.392 e. The van der Waals surface area contributed by atoms with E-state index in [4.69, 9.17) is 0 Å². The van der Waals surface area contributed by atoms with Gasteiger partial charge in [-0.1, -0.05) is 60.0 Å². The summed E-state index contributed by atoms with van der Waals surface area (Å²) in [5, 5.41) is 16.3. The molecule has 1 amide bonds. The number of thiazole rings is 1. The van der Waals surface area contributed by atoms with Gasteiger partial charge in [0.05, 0.1) is 23.2 Å². The van der Waals surface area contributed by atoms with E-state index in [9.17, 15) is 14.7 Å². The van der Waals surface area contributed by atoms with E-state index in [2.05, 4.69) is 36.5 Å². The number of ketones is 1. The number of nitrogens with zero attached hydrogens (tertiary/aromatic N) is 1. The van der Waals surface area contributed by atoms with E-state index in [0.717, 1.165) is 30.0 Å². The van der Waals surface area contributed by atoms with E-state index in [-0.39, 0.29) is 24.0 Å². The van der Waals surface area contributed by atoms with Gasteiger partial charge in [-0.15, -0.1) is 11.3 Å². The van der Waals surface area contributed by atoms with Crippen LogP contribution in [0.1, 0.15) is 90.8 Å². The van der Waals surface area contributed by atoms with Crippen LogP contribution < -0.4 is 5.32 Å². The SMILES string of the molecule is C/C=C\c1csc(C)n1.CC1CCCNC(=O)CC(O)C(C)C(=O)C(C)[C@@H](C)C(C)CCC1. The van der Waals surface area contributed by atoms with Gasteiger partial charge in [-0.25, -0.2) is 4.98 Å². The van der Waals surface area contributed by atoms with Crippen molar-refractivity contribution < 1.29 is 14.7 Å². The molecule has 2 N–H and O–H groups in total. The molecule has 5 nitrogen and oxygen atoms in total. The summed E-state index contributed by atoms with van der Waals surface area (Å²) in [5.74, 6) is 0.806. The van der Waals surface area contributed by atoms with Crippen molar-refractivity contribution in [3.63, 3.8) is 0 Å². The number of nitrogens with one attached hydrogen (secondary N) is 1. The van der Waals surface area contributed by atoms with E-state index < -0.39 is 12.0 Å². The van der Waals surface area contributed by atoms with E-state index in [1.807, 2.05) is 32.9 Å². The predicted molar refractivity (Wildman–Crippen MR) is 139 cm³/mol. The second kappa shape index (κ2) is 15.4. The zero-order chi connectivity index (χ0) is 25.0. The molecule has 1 saturated heterocycles. The third kappa shape index (κ3) is 11.0. The maximum Gasteiger partial charge on any atom is 0.222 e. The fraction of sp³-hybridized carbons (Fsp3) is 0.741. The van der Waals surface area contributed by atoms with Gasteiger partial charge in [0.25, 0.3) is 0 Å². The van der Waals surface area contributed by atoms with Crippen LogP contribution in [0.25, 0.3) is 6.08 Å². The molecule has 1 aliphatic heterocycles. The summed E-state index contributed by atoms with van der Waals surface area (Å²) in [5.41, 5.74) is 1.07. The molecule has 6 heteroatoms. The van der Waals surface area contributed by atoms with Crippen LogP contribution in [-0.4, -0.2) is 34.4 Å². The summed E-state index contributed by atoms with van der Waals surface area (Å²) in [7, 11) is 0. The van der Waals surface area contributed by atoms with Crippen molar-refractivity contribution in [1.29, 1.82) is 0 Å². The third-order valence-corrected chi connectivity index (χ3v) is 7.87. The van der Waals surface area contributed by atoms with Gasteiger partial charge in [-0.2, -0.15) is 0 Å². The van der Waals surface area contributed by atoms with Gasteiger partial charge in [0, 0.05) is 23.8 Å². The lowest BCUT2D eigenvalue weighted by molar-refractivity contribution is -0.133. The lowest BCUT2D eigenvalue weighted by Gasteiger charge is -2.29. The highest BCUT2D eigenvalue weighted by molar-refractivity contribution is 7.09. The van der Waals surface area contributed by atoms with Gasteiger partial charge < -0.3 is 10.4 Å². The number of Topliss-reactive ketones (excluding diaryl/α,β-unsaturated/α-hetero) is 1. The first kappa shape index (κ1) is 29.5. The van der Waals surface area contributed by atoms with Crippen molar-refractivity contribution >= 4 is 29.1 Å². The monoisotopic (exact) mass is 478 g/mol. The van der Waals surface area contributed by atoms with Crippen LogP contribution >= 0.6 is 11.3 Å². The fourth-order valence-corrected chi connectivity index (χ4v) is 4.88. The van der Waals surface area contributed by atoms with Gasteiger partial charge in [-0.05, 0) is 50.5 Å². The summed E-state index contributed by atoms with van der Waals surface area (Å²) < 4.78 is 0. The number of allylic oxidation sites excluding steroid dienone is 1. The maximum atomic E-state index is 12.7. The van der Waals surface area contributed by atoms with Crippen LogP contribution in [0.5, 0.6) is 0 Å². The van der Waals surface area contributed by atoms with Crippen LogP contribution in [-0.2, 0) is 9.59 Å². The fourth-order valence-electron chi connectivity index (χ4n) is 4.30. The number of carbonyl (C=O) groups excluding carboxylic acids is 2. The highest BCUT2D eigenvalue weighted by Crippen LogP contribution is 2.29. The first-order valence-corrected chi connectivity index (χ1v) is 13.5. The zero-order valence-corrected chi connectivity index (χ0v) is 22.6. The van der Waals surface area contributed by atoms with Crippen molar-refractivity contribution in [3.05, 3.63) is 22.2 Å². The molecule has 1 aromatic rings. The Kier molecular flexibility index (Phi) is 13.8. The van der Waals surface area contributed by atoms with Gasteiger partial charge in [0.15, 0.2) is 0 Å². The van der Waals surface area contributed by atoms with Crippen molar-refractivity contribution in [2.45, 2.75) is 93.1 Å². The van der Waals surface area contributed by atoms with Crippen LogP contribution in [0.3, 0.4) is 0 Å². The van der Waals surface area contributed by atoms with E-state index in [1.165, 1.54) is 12.8 Å². The molecule has 1 fully saturated rings. The number of aryl methyl sites for hydroxylation is 1. The highest BCUT2D eigenvalue weighted by Gasteiger charge is 2.32. The minimum absolute atomic E-state index is 0.0130. The number of amides is 1. The molecule has 6 atom stereocenters. The molecule has 0 aliphatic carbocycles. The zero-order valence-electron chi connectivity index (χ0n) is 21.8. The van der Waals surface area contributed by atoms with Gasteiger partial charge in [0.2, 0.25) is 5.91 Å². The normalized spacial score (nSPS) is 31.0. The third-order valence-electron chi connectivity index (χ3n) is 7.08. The molecule has 2 heterocycles. The molecule has 1 aromatic heterocycles. The second-order valence-corrected chi connectivity index (χ2v) is 11.0. The molecule has 1 aliphatic rings. The average Bonchev–Trinajstić information content (AvgIpc) is 3.19. The Labute approximate surface area is 205 Å². The summed E-state index contributed by atoms with van der Waals surface area (Å²) >= 11 is 1.68. The largest absolute Gasteiger partial charge is 0.392 e. The smallest absolute Gasteiger partial charge is 0.222 e. The highest BCUT2D eigenvalue weighted by atomic mass is 32.1. The van der Waals surface area contributed by atoms with Crippen LogP contribution in [0.4, 0.5) is 0 Å². The summed E-state index contributed by atoms with van der Waals surface area (Å²) in [6.45, 7) is 15.0.